The molecule has 0 fully saturated rings. The van der Waals surface area contributed by atoms with E-state index in [4.69, 9.17) is 0 Å². The van der Waals surface area contributed by atoms with E-state index in [0.29, 0.717) is 5.41 Å². The molecule has 0 rings (SSSR count). The van der Waals surface area contributed by atoms with Gasteiger partial charge in [-0.1, -0.05) is 44.6 Å². The van der Waals surface area contributed by atoms with Crippen molar-refractivity contribution in [3.8, 4) is 0 Å². The van der Waals surface area contributed by atoms with E-state index in [-0.39, 0.29) is 0 Å². The summed E-state index contributed by atoms with van der Waals surface area (Å²) >= 11 is 0. The Morgan fingerprint density at radius 3 is 2.00 bits per heavy atom. The molecule has 0 saturated heterocycles. The molecule has 0 saturated carbocycles. The lowest BCUT2D eigenvalue weighted by molar-refractivity contribution is 0.420. The van der Waals surface area contributed by atoms with Crippen molar-refractivity contribution in [2.45, 2.75) is 41.0 Å². The van der Waals surface area contributed by atoms with Crippen LogP contribution in [0.2, 0.25) is 0 Å². The highest BCUT2D eigenvalue weighted by Gasteiger charge is 2.07. The summed E-state index contributed by atoms with van der Waals surface area (Å²) in [6, 6.07) is 0. The van der Waals surface area contributed by atoms with Gasteiger partial charge in [-0.3, -0.25) is 0 Å². The summed E-state index contributed by atoms with van der Waals surface area (Å²) in [5, 5.41) is 0. The molecule has 11 heavy (non-hydrogen) atoms. The molecule has 0 aromatic rings. The third kappa shape index (κ3) is 5.90. The summed E-state index contributed by atoms with van der Waals surface area (Å²) in [6.45, 7) is 14.8. The van der Waals surface area contributed by atoms with E-state index in [9.17, 15) is 0 Å². The first kappa shape index (κ1) is 10.5. The Kier molecular flexibility index (Phi) is 3.57. The van der Waals surface area contributed by atoms with Gasteiger partial charge >= 0.3 is 0 Å². The Morgan fingerprint density at radius 2 is 1.73 bits per heavy atom. The molecule has 0 aliphatic carbocycles. The molecular formula is C11H20. The zero-order valence-electron chi connectivity index (χ0n) is 8.49. The van der Waals surface area contributed by atoms with Gasteiger partial charge in [-0.25, -0.2) is 0 Å². The van der Waals surface area contributed by atoms with Crippen LogP contribution in [0.3, 0.4) is 0 Å². The molecule has 0 spiro atoms. The second kappa shape index (κ2) is 3.75. The van der Waals surface area contributed by atoms with Crippen LogP contribution in [0.1, 0.15) is 41.0 Å². The third-order valence-electron chi connectivity index (χ3n) is 1.69. The SMILES string of the molecule is C=C(C)/C(C)=C/CC(C)(C)C. The molecule has 0 aromatic heterocycles. The third-order valence-corrected chi connectivity index (χ3v) is 1.69. The lowest BCUT2D eigenvalue weighted by Crippen LogP contribution is -2.02. The Hall–Kier alpha value is -0.520. The van der Waals surface area contributed by atoms with Crippen molar-refractivity contribution in [1.82, 2.24) is 0 Å². The maximum absolute atomic E-state index is 3.89. The van der Waals surface area contributed by atoms with E-state index in [1.54, 1.807) is 0 Å². The van der Waals surface area contributed by atoms with Crippen LogP contribution in [-0.4, -0.2) is 0 Å². The molecule has 0 unspecified atom stereocenters. The van der Waals surface area contributed by atoms with Crippen LogP contribution in [-0.2, 0) is 0 Å². The van der Waals surface area contributed by atoms with Gasteiger partial charge in [0, 0.05) is 0 Å². The van der Waals surface area contributed by atoms with Gasteiger partial charge in [0.05, 0.1) is 0 Å². The van der Waals surface area contributed by atoms with E-state index < -0.39 is 0 Å². The zero-order valence-corrected chi connectivity index (χ0v) is 8.49. The second-order valence-corrected chi connectivity index (χ2v) is 4.43. The fourth-order valence-electron chi connectivity index (χ4n) is 0.634. The molecular weight excluding hydrogens is 132 g/mol. The normalized spacial score (nSPS) is 13.4. The first-order valence-electron chi connectivity index (χ1n) is 4.15. The molecule has 0 radical (unpaired) electrons. The van der Waals surface area contributed by atoms with Gasteiger partial charge in [0.25, 0.3) is 0 Å². The average molecular weight is 152 g/mol. The molecule has 0 aliphatic rings. The highest BCUT2D eigenvalue weighted by Crippen LogP contribution is 2.21. The molecule has 0 aliphatic heterocycles. The number of hydrogen-bond donors (Lipinski definition) is 0. The van der Waals surface area contributed by atoms with Crippen molar-refractivity contribution < 1.29 is 0 Å². The van der Waals surface area contributed by atoms with Gasteiger partial charge in [-0.15, -0.1) is 0 Å². The molecule has 64 valence electrons. The summed E-state index contributed by atoms with van der Waals surface area (Å²) < 4.78 is 0. The van der Waals surface area contributed by atoms with E-state index in [2.05, 4.69) is 47.3 Å². The Balaban J connectivity index is 4.04. The molecule has 0 heteroatoms. The highest BCUT2D eigenvalue weighted by molar-refractivity contribution is 5.23. The summed E-state index contributed by atoms with van der Waals surface area (Å²) in [4.78, 5) is 0. The zero-order chi connectivity index (χ0) is 9.07. The van der Waals surface area contributed by atoms with Gasteiger partial charge in [-0.2, -0.15) is 0 Å². The van der Waals surface area contributed by atoms with Gasteiger partial charge in [0.15, 0.2) is 0 Å². The van der Waals surface area contributed by atoms with E-state index in [1.165, 1.54) is 11.1 Å². The smallest absolute Gasteiger partial charge is 0.0296 e. The summed E-state index contributed by atoms with van der Waals surface area (Å²) in [6.07, 6.45) is 3.40. The lowest BCUT2D eigenvalue weighted by atomic mass is 9.91. The predicted octanol–water partition coefficient (Wildman–Crippen LogP) is 3.95. The Labute approximate surface area is 71.0 Å². The summed E-state index contributed by atoms with van der Waals surface area (Å²) in [7, 11) is 0. The minimum absolute atomic E-state index is 0.400. The van der Waals surface area contributed by atoms with Crippen LogP contribution in [0.15, 0.2) is 23.8 Å². The first-order valence-corrected chi connectivity index (χ1v) is 4.15. The molecule has 0 atom stereocenters. The number of hydrogen-bond acceptors (Lipinski definition) is 0. The van der Waals surface area contributed by atoms with Crippen molar-refractivity contribution in [1.29, 1.82) is 0 Å². The van der Waals surface area contributed by atoms with Crippen molar-refractivity contribution in [3.63, 3.8) is 0 Å². The Bertz CT molecular complexity index is 165. The van der Waals surface area contributed by atoms with Crippen LogP contribution in [0, 0.1) is 5.41 Å². The second-order valence-electron chi connectivity index (χ2n) is 4.43. The summed E-state index contributed by atoms with van der Waals surface area (Å²) in [5.41, 5.74) is 2.89. The predicted molar refractivity (Wildman–Crippen MR) is 52.6 cm³/mol. The molecule has 0 aromatic carbocycles. The quantitative estimate of drug-likeness (QED) is 0.526. The topological polar surface area (TPSA) is 0 Å². The monoisotopic (exact) mass is 152 g/mol. The Morgan fingerprint density at radius 1 is 1.27 bits per heavy atom. The lowest BCUT2D eigenvalue weighted by Gasteiger charge is -2.15. The van der Waals surface area contributed by atoms with E-state index in [0.717, 1.165) is 6.42 Å². The highest BCUT2D eigenvalue weighted by atomic mass is 14.1. The standard InChI is InChI=1S/C11H20/c1-9(2)10(3)7-8-11(4,5)6/h7H,1,8H2,2-6H3/b10-7+. The largest absolute Gasteiger partial charge is 0.0959 e. The van der Waals surface area contributed by atoms with Crippen LogP contribution >= 0.6 is 0 Å². The minimum Gasteiger partial charge on any atom is -0.0959 e. The van der Waals surface area contributed by atoms with Crippen LogP contribution in [0.4, 0.5) is 0 Å². The molecule has 0 nitrogen and oxygen atoms in total. The van der Waals surface area contributed by atoms with Gasteiger partial charge in [0.1, 0.15) is 0 Å². The maximum atomic E-state index is 3.89. The van der Waals surface area contributed by atoms with Gasteiger partial charge < -0.3 is 0 Å². The van der Waals surface area contributed by atoms with E-state index >= 15 is 0 Å². The van der Waals surface area contributed by atoms with Crippen molar-refractivity contribution >= 4 is 0 Å². The van der Waals surface area contributed by atoms with Crippen LogP contribution < -0.4 is 0 Å². The maximum Gasteiger partial charge on any atom is -0.0296 e. The fourth-order valence-corrected chi connectivity index (χ4v) is 0.634. The first-order chi connectivity index (χ1) is 4.83. The molecule has 0 amide bonds. The summed E-state index contributed by atoms with van der Waals surface area (Å²) in [5.74, 6) is 0. The average Bonchev–Trinajstić information content (AvgIpc) is 1.80. The van der Waals surface area contributed by atoms with Crippen molar-refractivity contribution in [2.24, 2.45) is 5.41 Å². The fraction of sp³-hybridized carbons (Fsp3) is 0.636. The number of rotatable bonds is 2. The van der Waals surface area contributed by atoms with Gasteiger partial charge in [0.2, 0.25) is 0 Å². The molecule has 0 N–H and O–H groups in total. The van der Waals surface area contributed by atoms with Gasteiger partial charge in [-0.05, 0) is 25.7 Å². The number of allylic oxidation sites excluding steroid dienone is 3. The minimum atomic E-state index is 0.400. The van der Waals surface area contributed by atoms with Crippen molar-refractivity contribution in [3.05, 3.63) is 23.8 Å². The van der Waals surface area contributed by atoms with Crippen LogP contribution in [0.25, 0.3) is 0 Å². The van der Waals surface area contributed by atoms with E-state index in [1.807, 2.05) is 0 Å². The molecule has 0 heterocycles. The van der Waals surface area contributed by atoms with Crippen LogP contribution in [0.5, 0.6) is 0 Å². The molecule has 0 bridgehead atoms. The van der Waals surface area contributed by atoms with Crippen molar-refractivity contribution in [2.75, 3.05) is 0 Å².